The van der Waals surface area contributed by atoms with Crippen molar-refractivity contribution in [3.8, 4) is 10.6 Å². The van der Waals surface area contributed by atoms with Gasteiger partial charge in [0.2, 0.25) is 0 Å². The van der Waals surface area contributed by atoms with E-state index in [1.807, 2.05) is 30.5 Å². The van der Waals surface area contributed by atoms with Gasteiger partial charge in [-0.05, 0) is 29.1 Å². The second-order valence-electron chi connectivity index (χ2n) is 4.48. The van der Waals surface area contributed by atoms with Crippen molar-refractivity contribution >= 4 is 22.9 Å². The Morgan fingerprint density at radius 1 is 1.20 bits per heavy atom. The van der Waals surface area contributed by atoms with Gasteiger partial charge in [0.25, 0.3) is 0 Å². The van der Waals surface area contributed by atoms with Gasteiger partial charge in [0.05, 0.1) is 16.8 Å². The third kappa shape index (κ3) is 3.10. The van der Waals surface area contributed by atoms with Gasteiger partial charge in [0.15, 0.2) is 0 Å². The average molecular weight is 304 g/mol. The van der Waals surface area contributed by atoms with Gasteiger partial charge in [-0.1, -0.05) is 29.8 Å². The molecule has 3 rings (SSSR count). The van der Waals surface area contributed by atoms with Crippen LogP contribution in [0.2, 0.25) is 5.02 Å². The second-order valence-corrected chi connectivity index (χ2v) is 5.87. The normalized spacial score (nSPS) is 10.8. The van der Waals surface area contributed by atoms with Crippen LogP contribution in [0.5, 0.6) is 0 Å². The lowest BCUT2D eigenvalue weighted by molar-refractivity contribution is 0.694. The summed E-state index contributed by atoms with van der Waals surface area (Å²) in [5.41, 5.74) is 3.45. The molecule has 0 unspecified atom stereocenters. The monoisotopic (exact) mass is 303 g/mol. The molecule has 0 aliphatic heterocycles. The quantitative estimate of drug-likeness (QED) is 0.745. The molecule has 2 heterocycles. The topological polar surface area (TPSA) is 40.7 Å². The first-order chi connectivity index (χ1) is 9.83. The van der Waals surface area contributed by atoms with Crippen LogP contribution in [0.25, 0.3) is 10.6 Å². The highest BCUT2D eigenvalue weighted by molar-refractivity contribution is 7.13. The Morgan fingerprint density at radius 2 is 2.15 bits per heavy atom. The highest BCUT2D eigenvalue weighted by atomic mass is 35.5. The summed E-state index contributed by atoms with van der Waals surface area (Å²) in [7, 11) is 0. The molecule has 3 nitrogen and oxygen atoms in total. The van der Waals surface area contributed by atoms with E-state index >= 15 is 0 Å². The molecule has 5 heteroatoms. The Kier molecular flexibility index (Phi) is 4.16. The number of nitrogens with zero attached hydrogens (tertiary/aromatic N) is 1. The first kappa shape index (κ1) is 13.4. The summed E-state index contributed by atoms with van der Waals surface area (Å²) in [5, 5.41) is 13.5. The van der Waals surface area contributed by atoms with Gasteiger partial charge >= 0.3 is 0 Å². The summed E-state index contributed by atoms with van der Waals surface area (Å²) < 4.78 is 0. The number of hydrogen-bond donors (Lipinski definition) is 2. The van der Waals surface area contributed by atoms with Gasteiger partial charge in [-0.2, -0.15) is 5.10 Å². The maximum absolute atomic E-state index is 5.97. The molecule has 0 saturated heterocycles. The van der Waals surface area contributed by atoms with Crippen molar-refractivity contribution in [2.75, 3.05) is 0 Å². The molecule has 0 spiro atoms. The number of aromatic nitrogens is 2. The van der Waals surface area contributed by atoms with Gasteiger partial charge < -0.3 is 5.32 Å². The molecule has 0 aliphatic rings. The molecule has 0 bridgehead atoms. The summed E-state index contributed by atoms with van der Waals surface area (Å²) >= 11 is 7.68. The highest BCUT2D eigenvalue weighted by Crippen LogP contribution is 2.25. The van der Waals surface area contributed by atoms with Crippen LogP contribution < -0.4 is 5.32 Å². The first-order valence-corrected chi connectivity index (χ1v) is 7.60. The van der Waals surface area contributed by atoms with Gasteiger partial charge in [0, 0.05) is 23.7 Å². The molecule has 1 aromatic carbocycles. The number of aromatic amines is 1. The number of hydrogen-bond acceptors (Lipinski definition) is 3. The maximum Gasteiger partial charge on any atom is 0.0794 e. The first-order valence-electron chi connectivity index (χ1n) is 6.34. The van der Waals surface area contributed by atoms with E-state index in [2.05, 4.69) is 33.0 Å². The zero-order valence-corrected chi connectivity index (χ0v) is 12.3. The third-order valence-corrected chi connectivity index (χ3v) is 4.14. The standard InChI is InChI=1S/C15H14ClN3S/c16-13-4-1-3-11(7-13)8-17-9-12-10-18-19-15(12)14-5-2-6-20-14/h1-7,10,17H,8-9H2,(H,18,19). The van der Waals surface area contributed by atoms with Crippen molar-refractivity contribution < 1.29 is 0 Å². The summed E-state index contributed by atoms with van der Waals surface area (Å²) in [6.45, 7) is 1.56. The molecule has 20 heavy (non-hydrogen) atoms. The van der Waals surface area contributed by atoms with Gasteiger partial charge in [-0.15, -0.1) is 11.3 Å². The van der Waals surface area contributed by atoms with Crippen LogP contribution >= 0.6 is 22.9 Å². The molecular weight excluding hydrogens is 290 g/mol. The van der Waals surface area contributed by atoms with Gasteiger partial charge in [-0.3, -0.25) is 5.10 Å². The molecule has 0 radical (unpaired) electrons. The van der Waals surface area contributed by atoms with E-state index in [0.717, 1.165) is 23.8 Å². The molecule has 0 amide bonds. The summed E-state index contributed by atoms with van der Waals surface area (Å²) in [5.74, 6) is 0. The van der Waals surface area contributed by atoms with Gasteiger partial charge in [0.1, 0.15) is 0 Å². The van der Waals surface area contributed by atoms with Crippen LogP contribution in [0, 0.1) is 0 Å². The van der Waals surface area contributed by atoms with E-state index in [9.17, 15) is 0 Å². The lowest BCUT2D eigenvalue weighted by Crippen LogP contribution is -2.12. The van der Waals surface area contributed by atoms with Crippen molar-refractivity contribution in [1.29, 1.82) is 0 Å². The summed E-state index contributed by atoms with van der Waals surface area (Å²) in [6, 6.07) is 12.0. The summed E-state index contributed by atoms with van der Waals surface area (Å²) in [4.78, 5) is 1.21. The van der Waals surface area contributed by atoms with Crippen LogP contribution in [0.3, 0.4) is 0 Å². The predicted molar refractivity (Wildman–Crippen MR) is 83.9 cm³/mol. The largest absolute Gasteiger partial charge is 0.308 e. The van der Waals surface area contributed by atoms with Crippen molar-refractivity contribution in [2.45, 2.75) is 13.1 Å². The Hall–Kier alpha value is -1.62. The lowest BCUT2D eigenvalue weighted by atomic mass is 10.2. The molecule has 3 aromatic rings. The van der Waals surface area contributed by atoms with E-state index in [0.29, 0.717) is 0 Å². The van der Waals surface area contributed by atoms with E-state index in [4.69, 9.17) is 11.6 Å². The minimum atomic E-state index is 0.770. The molecule has 2 N–H and O–H groups in total. The Balaban J connectivity index is 1.64. The lowest BCUT2D eigenvalue weighted by Gasteiger charge is -2.05. The van der Waals surface area contributed by atoms with Crippen molar-refractivity contribution in [3.63, 3.8) is 0 Å². The fourth-order valence-electron chi connectivity index (χ4n) is 2.07. The Bertz CT molecular complexity index is 676. The minimum absolute atomic E-state index is 0.770. The van der Waals surface area contributed by atoms with Crippen LogP contribution in [0.15, 0.2) is 48.0 Å². The number of thiophene rings is 1. The summed E-state index contributed by atoms with van der Waals surface area (Å²) in [6.07, 6.45) is 1.88. The molecule has 0 fully saturated rings. The zero-order valence-electron chi connectivity index (χ0n) is 10.8. The second kappa shape index (κ2) is 6.22. The smallest absolute Gasteiger partial charge is 0.0794 e. The van der Waals surface area contributed by atoms with E-state index in [-0.39, 0.29) is 0 Å². The zero-order chi connectivity index (χ0) is 13.8. The average Bonchev–Trinajstić information content (AvgIpc) is 3.09. The molecule has 102 valence electrons. The van der Waals surface area contributed by atoms with E-state index in [1.165, 1.54) is 16.0 Å². The molecule has 0 aliphatic carbocycles. The fourth-order valence-corrected chi connectivity index (χ4v) is 3.04. The molecular formula is C15H14ClN3S. The highest BCUT2D eigenvalue weighted by Gasteiger charge is 2.08. The number of benzene rings is 1. The third-order valence-electron chi connectivity index (χ3n) is 3.02. The molecule has 0 atom stereocenters. The minimum Gasteiger partial charge on any atom is -0.308 e. The molecule has 2 aromatic heterocycles. The van der Waals surface area contributed by atoms with E-state index < -0.39 is 0 Å². The number of halogens is 1. The van der Waals surface area contributed by atoms with Crippen LogP contribution in [0.4, 0.5) is 0 Å². The fraction of sp³-hybridized carbons (Fsp3) is 0.133. The number of rotatable bonds is 5. The van der Waals surface area contributed by atoms with Crippen LogP contribution in [-0.4, -0.2) is 10.2 Å². The van der Waals surface area contributed by atoms with Crippen molar-refractivity contribution in [1.82, 2.24) is 15.5 Å². The van der Waals surface area contributed by atoms with Crippen molar-refractivity contribution in [3.05, 3.63) is 64.1 Å². The van der Waals surface area contributed by atoms with Crippen LogP contribution in [0.1, 0.15) is 11.1 Å². The Morgan fingerprint density at radius 3 is 2.95 bits per heavy atom. The number of H-pyrrole nitrogens is 1. The van der Waals surface area contributed by atoms with Crippen LogP contribution in [-0.2, 0) is 13.1 Å². The number of nitrogens with one attached hydrogen (secondary N) is 2. The van der Waals surface area contributed by atoms with Crippen molar-refractivity contribution in [2.24, 2.45) is 0 Å². The Labute approximate surface area is 126 Å². The van der Waals surface area contributed by atoms with E-state index in [1.54, 1.807) is 11.3 Å². The van der Waals surface area contributed by atoms with Gasteiger partial charge in [-0.25, -0.2) is 0 Å². The molecule has 0 saturated carbocycles. The SMILES string of the molecule is Clc1cccc(CNCc2cn[nH]c2-c2cccs2)c1. The maximum atomic E-state index is 5.97. The predicted octanol–water partition coefficient (Wildman–Crippen LogP) is 4.08.